The summed E-state index contributed by atoms with van der Waals surface area (Å²) in [6, 6.07) is 0. The van der Waals surface area contributed by atoms with Crippen molar-refractivity contribution < 1.29 is 9.90 Å². The first-order valence-corrected chi connectivity index (χ1v) is 8.92. The first-order valence-electron chi connectivity index (χ1n) is 8.92. The van der Waals surface area contributed by atoms with Crippen LogP contribution in [-0.4, -0.2) is 17.0 Å². The molecule has 0 amide bonds. The molecule has 0 spiro atoms. The van der Waals surface area contributed by atoms with Crippen LogP contribution < -0.4 is 0 Å². The molecule has 1 N–H and O–H groups in total. The van der Waals surface area contributed by atoms with Crippen molar-refractivity contribution in [1.82, 2.24) is 0 Å². The zero-order chi connectivity index (χ0) is 13.7. The van der Waals surface area contributed by atoms with Gasteiger partial charge in [-0.2, -0.15) is 0 Å². The van der Waals surface area contributed by atoms with Crippen molar-refractivity contribution in [3.63, 3.8) is 0 Å². The highest BCUT2D eigenvalue weighted by Crippen LogP contribution is 2.56. The Kier molecular flexibility index (Phi) is 3.41. The molecule has 4 saturated carbocycles. The summed E-state index contributed by atoms with van der Waals surface area (Å²) in [4.78, 5) is 11.7. The van der Waals surface area contributed by atoms with Crippen molar-refractivity contribution in [2.24, 2.45) is 35.5 Å². The second-order valence-corrected chi connectivity index (χ2v) is 8.08. The minimum Gasteiger partial charge on any atom is -0.393 e. The van der Waals surface area contributed by atoms with Crippen LogP contribution in [0.1, 0.15) is 64.2 Å². The molecule has 0 saturated heterocycles. The summed E-state index contributed by atoms with van der Waals surface area (Å²) in [5.41, 5.74) is 0. The van der Waals surface area contributed by atoms with E-state index in [-0.39, 0.29) is 6.10 Å². The Labute approximate surface area is 122 Å². The molecule has 0 heterocycles. The van der Waals surface area contributed by atoms with Crippen LogP contribution >= 0.6 is 0 Å². The van der Waals surface area contributed by atoms with Gasteiger partial charge in [-0.1, -0.05) is 0 Å². The van der Waals surface area contributed by atoms with Gasteiger partial charge < -0.3 is 5.11 Å². The summed E-state index contributed by atoms with van der Waals surface area (Å²) < 4.78 is 0. The number of carbonyl (C=O) groups is 1. The van der Waals surface area contributed by atoms with E-state index >= 15 is 0 Å². The van der Waals surface area contributed by atoms with Crippen LogP contribution in [0.5, 0.6) is 0 Å². The van der Waals surface area contributed by atoms with Gasteiger partial charge in [0.05, 0.1) is 6.10 Å². The Morgan fingerprint density at radius 3 is 2.20 bits per heavy atom. The van der Waals surface area contributed by atoms with Gasteiger partial charge in [0.15, 0.2) is 0 Å². The predicted octanol–water partition coefficient (Wildman–Crippen LogP) is 3.57. The summed E-state index contributed by atoms with van der Waals surface area (Å²) in [5.74, 6) is 5.66. The molecular weight excluding hydrogens is 248 g/mol. The van der Waals surface area contributed by atoms with Gasteiger partial charge in [-0.25, -0.2) is 0 Å². The summed E-state index contributed by atoms with van der Waals surface area (Å²) in [6.07, 6.45) is 11.7. The average molecular weight is 276 g/mol. The Hall–Kier alpha value is -0.370. The van der Waals surface area contributed by atoms with Crippen molar-refractivity contribution >= 4 is 5.78 Å². The lowest BCUT2D eigenvalue weighted by Crippen LogP contribution is -2.47. The van der Waals surface area contributed by atoms with Crippen molar-refractivity contribution in [3.8, 4) is 0 Å². The van der Waals surface area contributed by atoms with Crippen molar-refractivity contribution in [1.29, 1.82) is 0 Å². The zero-order valence-electron chi connectivity index (χ0n) is 12.5. The SMILES string of the molecule is O=C1CC[C@@H]2[C@H](CC[C@H]3[C@H]2CC[C@@H]2C[C@H](O)CC[C@@H]23)C1. The average Bonchev–Trinajstić information content (AvgIpc) is 2.45. The lowest BCUT2D eigenvalue weighted by atomic mass is 9.51. The Balaban J connectivity index is 1.51. The summed E-state index contributed by atoms with van der Waals surface area (Å²) in [5, 5.41) is 9.92. The second-order valence-electron chi connectivity index (χ2n) is 8.08. The first kappa shape index (κ1) is 13.3. The van der Waals surface area contributed by atoms with E-state index in [0.717, 1.165) is 61.2 Å². The summed E-state index contributed by atoms with van der Waals surface area (Å²) in [6.45, 7) is 0. The number of aliphatic hydroxyl groups excluding tert-OH is 1. The van der Waals surface area contributed by atoms with Gasteiger partial charge in [0.1, 0.15) is 5.78 Å². The zero-order valence-corrected chi connectivity index (χ0v) is 12.5. The molecule has 2 nitrogen and oxygen atoms in total. The van der Waals surface area contributed by atoms with E-state index in [1.165, 1.54) is 38.5 Å². The van der Waals surface area contributed by atoms with E-state index < -0.39 is 0 Å². The smallest absolute Gasteiger partial charge is 0.133 e. The van der Waals surface area contributed by atoms with Crippen molar-refractivity contribution in [2.45, 2.75) is 70.3 Å². The molecule has 0 unspecified atom stereocenters. The van der Waals surface area contributed by atoms with Crippen molar-refractivity contribution in [2.75, 3.05) is 0 Å². The number of hydrogen-bond acceptors (Lipinski definition) is 2. The van der Waals surface area contributed by atoms with Gasteiger partial charge in [0.2, 0.25) is 0 Å². The largest absolute Gasteiger partial charge is 0.393 e. The normalized spacial score (nSPS) is 51.9. The van der Waals surface area contributed by atoms with Crippen LogP contribution in [0.25, 0.3) is 0 Å². The van der Waals surface area contributed by atoms with Gasteiger partial charge in [0, 0.05) is 12.8 Å². The van der Waals surface area contributed by atoms with Gasteiger partial charge in [0.25, 0.3) is 0 Å². The van der Waals surface area contributed by atoms with Crippen LogP contribution in [0.2, 0.25) is 0 Å². The van der Waals surface area contributed by atoms with Gasteiger partial charge >= 0.3 is 0 Å². The Morgan fingerprint density at radius 2 is 1.40 bits per heavy atom. The topological polar surface area (TPSA) is 37.3 Å². The van der Waals surface area contributed by atoms with E-state index in [0.29, 0.717) is 5.78 Å². The third kappa shape index (κ3) is 2.15. The minimum atomic E-state index is -0.0172. The third-order valence-electron chi connectivity index (χ3n) is 7.26. The van der Waals surface area contributed by atoms with Crippen LogP contribution in [-0.2, 0) is 4.79 Å². The molecule has 7 atom stereocenters. The number of aliphatic hydroxyl groups is 1. The van der Waals surface area contributed by atoms with E-state index in [1.807, 2.05) is 0 Å². The maximum atomic E-state index is 11.7. The highest BCUT2D eigenvalue weighted by atomic mass is 16.3. The van der Waals surface area contributed by atoms with E-state index in [4.69, 9.17) is 0 Å². The standard InChI is InChI=1S/C18H28O2/c19-13-3-7-15-11(9-13)1-5-17-16-8-4-14(20)10-12(16)2-6-18(15)17/h11-13,15-19H,1-10H2/t11-,12-,13-,15+,16-,17+,18-/m1/s1. The number of fused-ring (bicyclic) bond motifs is 5. The highest BCUT2D eigenvalue weighted by Gasteiger charge is 2.49. The summed E-state index contributed by atoms with van der Waals surface area (Å²) in [7, 11) is 0. The van der Waals surface area contributed by atoms with E-state index in [1.54, 1.807) is 0 Å². The van der Waals surface area contributed by atoms with Gasteiger partial charge in [-0.3, -0.25) is 4.79 Å². The molecule has 4 aliphatic carbocycles. The predicted molar refractivity (Wildman–Crippen MR) is 78.1 cm³/mol. The van der Waals surface area contributed by atoms with Gasteiger partial charge in [-0.05, 0) is 86.9 Å². The fourth-order valence-corrected chi connectivity index (χ4v) is 6.45. The molecule has 0 radical (unpaired) electrons. The highest BCUT2D eigenvalue weighted by molar-refractivity contribution is 5.79. The number of Topliss-reactive ketones (excluding diaryl/α,β-unsaturated/α-hetero) is 1. The molecule has 0 bridgehead atoms. The summed E-state index contributed by atoms with van der Waals surface area (Å²) >= 11 is 0. The Morgan fingerprint density at radius 1 is 0.750 bits per heavy atom. The molecule has 4 aliphatic rings. The number of hydrogen-bond donors (Lipinski definition) is 1. The van der Waals surface area contributed by atoms with E-state index in [2.05, 4.69) is 0 Å². The second kappa shape index (κ2) is 5.12. The molecule has 20 heavy (non-hydrogen) atoms. The third-order valence-corrected chi connectivity index (χ3v) is 7.26. The first-order chi connectivity index (χ1) is 9.72. The van der Waals surface area contributed by atoms with Crippen LogP contribution in [0.15, 0.2) is 0 Å². The Bertz CT molecular complexity index is 391. The maximum absolute atomic E-state index is 11.7. The lowest BCUT2D eigenvalue weighted by Gasteiger charge is -2.54. The molecular formula is C18H28O2. The quantitative estimate of drug-likeness (QED) is 0.734. The molecule has 0 aliphatic heterocycles. The fourth-order valence-electron chi connectivity index (χ4n) is 6.45. The van der Waals surface area contributed by atoms with Crippen LogP contribution in [0, 0.1) is 35.5 Å². The monoisotopic (exact) mass is 276 g/mol. The van der Waals surface area contributed by atoms with Gasteiger partial charge in [-0.15, -0.1) is 0 Å². The molecule has 112 valence electrons. The number of carbonyl (C=O) groups excluding carboxylic acids is 1. The molecule has 4 fully saturated rings. The fraction of sp³-hybridized carbons (Fsp3) is 0.944. The molecule has 0 aromatic carbocycles. The maximum Gasteiger partial charge on any atom is 0.133 e. The van der Waals surface area contributed by atoms with Crippen LogP contribution in [0.3, 0.4) is 0 Å². The number of rotatable bonds is 0. The minimum absolute atomic E-state index is 0.0172. The lowest BCUT2D eigenvalue weighted by molar-refractivity contribution is -0.127. The molecule has 4 rings (SSSR count). The molecule has 0 aromatic rings. The van der Waals surface area contributed by atoms with E-state index in [9.17, 15) is 9.90 Å². The number of ketones is 1. The van der Waals surface area contributed by atoms with Crippen molar-refractivity contribution in [3.05, 3.63) is 0 Å². The molecule has 2 heteroatoms. The molecule has 0 aromatic heterocycles. The van der Waals surface area contributed by atoms with Crippen LogP contribution in [0.4, 0.5) is 0 Å².